The van der Waals surface area contributed by atoms with E-state index in [1.54, 1.807) is 0 Å². The lowest BCUT2D eigenvalue weighted by molar-refractivity contribution is 0.357. The van der Waals surface area contributed by atoms with Gasteiger partial charge < -0.3 is 4.74 Å². The summed E-state index contributed by atoms with van der Waals surface area (Å²) >= 11 is 9.34. The molecular formula is C8H6BrClO. The number of benzene rings is 1. The van der Waals surface area contributed by atoms with Crippen LogP contribution in [0.25, 0.3) is 0 Å². The van der Waals surface area contributed by atoms with Gasteiger partial charge in [-0.05, 0) is 12.1 Å². The number of ether oxygens (including phenoxy) is 1. The molecule has 3 heteroatoms. The monoisotopic (exact) mass is 232 g/mol. The van der Waals surface area contributed by atoms with Crippen molar-refractivity contribution in [1.82, 2.24) is 0 Å². The lowest BCUT2D eigenvalue weighted by Crippen LogP contribution is -1.86. The van der Waals surface area contributed by atoms with E-state index in [0.29, 0.717) is 5.02 Å². The Morgan fingerprint density at radius 2 is 2.27 bits per heavy atom. The van der Waals surface area contributed by atoms with Crippen molar-refractivity contribution in [2.24, 2.45) is 0 Å². The van der Waals surface area contributed by atoms with E-state index in [1.807, 2.05) is 12.1 Å². The third-order valence-electron chi connectivity index (χ3n) is 1.75. The van der Waals surface area contributed by atoms with E-state index in [1.165, 1.54) is 5.56 Å². The van der Waals surface area contributed by atoms with Gasteiger partial charge in [-0.15, -0.1) is 0 Å². The molecule has 0 spiro atoms. The summed E-state index contributed by atoms with van der Waals surface area (Å²) in [4.78, 5) is 0. The van der Waals surface area contributed by atoms with Gasteiger partial charge in [-0.25, -0.2) is 0 Å². The van der Waals surface area contributed by atoms with E-state index in [2.05, 4.69) is 15.9 Å². The normalized spacial score (nSPS) is 14.4. The molecule has 0 saturated carbocycles. The fourth-order valence-corrected chi connectivity index (χ4v) is 1.96. The van der Waals surface area contributed by atoms with Crippen molar-refractivity contribution in [3.8, 4) is 5.75 Å². The standard InChI is InChI=1S/C8H6BrClO/c9-6-1-2-7(10)8-5(6)3-4-11-8/h1-2H,3-4H2. The highest BCUT2D eigenvalue weighted by molar-refractivity contribution is 9.10. The highest BCUT2D eigenvalue weighted by Crippen LogP contribution is 2.37. The molecule has 1 aromatic carbocycles. The quantitative estimate of drug-likeness (QED) is 0.669. The Morgan fingerprint density at radius 3 is 3.00 bits per heavy atom. The zero-order chi connectivity index (χ0) is 7.84. The van der Waals surface area contributed by atoms with Crippen LogP contribution in [-0.4, -0.2) is 6.61 Å². The third kappa shape index (κ3) is 1.14. The fourth-order valence-electron chi connectivity index (χ4n) is 1.22. The number of hydrogen-bond acceptors (Lipinski definition) is 1. The molecule has 2 rings (SSSR count). The fraction of sp³-hybridized carbons (Fsp3) is 0.250. The number of hydrogen-bond donors (Lipinski definition) is 0. The molecule has 1 heterocycles. The Bertz CT molecular complexity index is 269. The van der Waals surface area contributed by atoms with Crippen LogP contribution < -0.4 is 4.74 Å². The SMILES string of the molecule is Clc1ccc(Br)c2c1OCC2. The summed E-state index contributed by atoms with van der Waals surface area (Å²) in [6.07, 6.45) is 0.955. The molecule has 0 saturated heterocycles. The second-order valence-corrected chi connectivity index (χ2v) is 3.70. The molecule has 0 aromatic heterocycles. The van der Waals surface area contributed by atoms with Crippen LogP contribution in [0.5, 0.6) is 5.75 Å². The maximum atomic E-state index is 5.90. The van der Waals surface area contributed by atoms with Crippen LogP contribution in [0.2, 0.25) is 5.02 Å². The first-order valence-corrected chi connectivity index (χ1v) is 4.56. The molecule has 0 bridgehead atoms. The molecule has 0 N–H and O–H groups in total. The maximum absolute atomic E-state index is 5.90. The van der Waals surface area contributed by atoms with Gasteiger partial charge in [-0.2, -0.15) is 0 Å². The van der Waals surface area contributed by atoms with Crippen LogP contribution in [0.3, 0.4) is 0 Å². The van der Waals surface area contributed by atoms with Gasteiger partial charge in [0.25, 0.3) is 0 Å². The molecule has 0 fully saturated rings. The van der Waals surface area contributed by atoms with Crippen molar-refractivity contribution < 1.29 is 4.74 Å². The van der Waals surface area contributed by atoms with Gasteiger partial charge in [0, 0.05) is 16.5 Å². The molecule has 1 aliphatic heterocycles. The molecule has 0 radical (unpaired) electrons. The summed E-state index contributed by atoms with van der Waals surface area (Å²) in [6.45, 7) is 0.748. The van der Waals surface area contributed by atoms with Gasteiger partial charge in [-0.3, -0.25) is 0 Å². The van der Waals surface area contributed by atoms with Gasteiger partial charge in [0.2, 0.25) is 0 Å². The van der Waals surface area contributed by atoms with E-state index in [0.717, 1.165) is 23.2 Å². The lowest BCUT2D eigenvalue weighted by Gasteiger charge is -2.01. The minimum Gasteiger partial charge on any atom is -0.491 e. The first-order valence-electron chi connectivity index (χ1n) is 3.39. The average Bonchev–Trinajstić information content (AvgIpc) is 2.45. The average molecular weight is 233 g/mol. The maximum Gasteiger partial charge on any atom is 0.142 e. The summed E-state index contributed by atoms with van der Waals surface area (Å²) < 4.78 is 6.44. The number of rotatable bonds is 0. The van der Waals surface area contributed by atoms with E-state index >= 15 is 0 Å². The largest absolute Gasteiger partial charge is 0.491 e. The van der Waals surface area contributed by atoms with Crippen LogP contribution in [0, 0.1) is 0 Å². The minimum atomic E-state index is 0.709. The smallest absolute Gasteiger partial charge is 0.142 e. The topological polar surface area (TPSA) is 9.23 Å². The zero-order valence-corrected chi connectivity index (χ0v) is 8.08. The predicted molar refractivity (Wildman–Crippen MR) is 48.4 cm³/mol. The van der Waals surface area contributed by atoms with Crippen molar-refractivity contribution in [3.63, 3.8) is 0 Å². The Morgan fingerprint density at radius 1 is 1.45 bits per heavy atom. The van der Waals surface area contributed by atoms with Gasteiger partial charge >= 0.3 is 0 Å². The molecule has 0 atom stereocenters. The molecule has 1 aliphatic rings. The molecular weight excluding hydrogens is 227 g/mol. The van der Waals surface area contributed by atoms with Gasteiger partial charge in [0.1, 0.15) is 5.75 Å². The van der Waals surface area contributed by atoms with E-state index in [-0.39, 0.29) is 0 Å². The lowest BCUT2D eigenvalue weighted by atomic mass is 10.2. The van der Waals surface area contributed by atoms with Crippen LogP contribution in [0.15, 0.2) is 16.6 Å². The van der Waals surface area contributed by atoms with E-state index in [9.17, 15) is 0 Å². The molecule has 1 aromatic rings. The second kappa shape index (κ2) is 2.68. The minimum absolute atomic E-state index is 0.709. The predicted octanol–water partition coefficient (Wildman–Crippen LogP) is 3.04. The van der Waals surface area contributed by atoms with Crippen molar-refractivity contribution in [2.75, 3.05) is 6.61 Å². The Labute approximate surface area is 78.4 Å². The van der Waals surface area contributed by atoms with Crippen molar-refractivity contribution in [3.05, 3.63) is 27.2 Å². The van der Waals surface area contributed by atoms with Gasteiger partial charge in [0.15, 0.2) is 0 Å². The summed E-state index contributed by atoms with van der Waals surface area (Å²) in [5, 5.41) is 0.709. The molecule has 0 amide bonds. The highest BCUT2D eigenvalue weighted by Gasteiger charge is 2.17. The molecule has 11 heavy (non-hydrogen) atoms. The summed E-state index contributed by atoms with van der Waals surface area (Å²) in [6, 6.07) is 3.80. The van der Waals surface area contributed by atoms with Crippen LogP contribution in [0.4, 0.5) is 0 Å². The first kappa shape index (κ1) is 7.44. The van der Waals surface area contributed by atoms with Crippen molar-refractivity contribution >= 4 is 27.5 Å². The highest BCUT2D eigenvalue weighted by atomic mass is 79.9. The molecule has 0 unspecified atom stereocenters. The van der Waals surface area contributed by atoms with Gasteiger partial charge in [-0.1, -0.05) is 27.5 Å². The third-order valence-corrected chi connectivity index (χ3v) is 2.79. The van der Waals surface area contributed by atoms with E-state index in [4.69, 9.17) is 16.3 Å². The van der Waals surface area contributed by atoms with Crippen molar-refractivity contribution in [1.29, 1.82) is 0 Å². The summed E-state index contributed by atoms with van der Waals surface area (Å²) in [5.74, 6) is 0.848. The van der Waals surface area contributed by atoms with Crippen molar-refractivity contribution in [2.45, 2.75) is 6.42 Å². The van der Waals surface area contributed by atoms with Gasteiger partial charge in [0.05, 0.1) is 11.6 Å². The summed E-state index contributed by atoms with van der Waals surface area (Å²) in [7, 11) is 0. The van der Waals surface area contributed by atoms with Crippen LogP contribution in [0.1, 0.15) is 5.56 Å². The first-order chi connectivity index (χ1) is 5.29. The van der Waals surface area contributed by atoms with Crippen LogP contribution >= 0.6 is 27.5 Å². The Kier molecular flexibility index (Phi) is 1.81. The molecule has 58 valence electrons. The Balaban J connectivity index is 2.64. The zero-order valence-electron chi connectivity index (χ0n) is 5.73. The molecule has 0 aliphatic carbocycles. The second-order valence-electron chi connectivity index (χ2n) is 2.44. The molecule has 1 nitrogen and oxygen atoms in total. The van der Waals surface area contributed by atoms with E-state index < -0.39 is 0 Å². The number of fused-ring (bicyclic) bond motifs is 1. The van der Waals surface area contributed by atoms with Crippen LogP contribution in [-0.2, 0) is 6.42 Å². The summed E-state index contributed by atoms with van der Waals surface area (Å²) in [5.41, 5.74) is 1.19. The Hall–Kier alpha value is -0.210. The number of halogens is 2.